The lowest BCUT2D eigenvalue weighted by Gasteiger charge is -2.35. The van der Waals surface area contributed by atoms with Crippen molar-refractivity contribution in [3.05, 3.63) is 22.4 Å². The number of methoxy groups -OCH3 is 1. The monoisotopic (exact) mass is 268 g/mol. The van der Waals surface area contributed by atoms with Crippen molar-refractivity contribution in [3.63, 3.8) is 0 Å². The average molecular weight is 268 g/mol. The molecule has 0 saturated carbocycles. The van der Waals surface area contributed by atoms with E-state index in [1.807, 2.05) is 0 Å². The molecule has 1 atom stereocenters. The van der Waals surface area contributed by atoms with Gasteiger partial charge in [0.05, 0.1) is 6.61 Å². The van der Waals surface area contributed by atoms with Gasteiger partial charge in [0.25, 0.3) is 0 Å². The third kappa shape index (κ3) is 4.35. The molecule has 0 bridgehead atoms. The molecule has 1 aromatic heterocycles. The normalized spacial score (nSPS) is 21.3. The van der Waals surface area contributed by atoms with Gasteiger partial charge in [-0.15, -0.1) is 0 Å². The molecule has 4 heteroatoms. The van der Waals surface area contributed by atoms with Crippen molar-refractivity contribution in [1.29, 1.82) is 0 Å². The molecule has 3 nitrogen and oxygen atoms in total. The van der Waals surface area contributed by atoms with Gasteiger partial charge in [0.1, 0.15) is 0 Å². The first-order chi connectivity index (χ1) is 8.90. The number of rotatable bonds is 7. The number of hydrogen-bond donors (Lipinski definition) is 1. The summed E-state index contributed by atoms with van der Waals surface area (Å²) in [5, 5.41) is 7.94. The standard InChI is InChI=1S/C14H24N2OS/c1-17-8-6-15-10-14-4-2-3-7-16(14)11-13-5-9-18-12-13/h5,9,12,14-15H,2-4,6-8,10-11H2,1H3. The van der Waals surface area contributed by atoms with Crippen molar-refractivity contribution in [3.8, 4) is 0 Å². The van der Waals surface area contributed by atoms with Crippen molar-refractivity contribution in [2.24, 2.45) is 0 Å². The van der Waals surface area contributed by atoms with Crippen LogP contribution in [-0.2, 0) is 11.3 Å². The van der Waals surface area contributed by atoms with Crippen molar-refractivity contribution < 1.29 is 4.74 Å². The van der Waals surface area contributed by atoms with Crippen LogP contribution in [0.15, 0.2) is 16.8 Å². The highest BCUT2D eigenvalue weighted by molar-refractivity contribution is 7.07. The first kappa shape index (κ1) is 14.0. The lowest BCUT2D eigenvalue weighted by atomic mass is 10.0. The number of ether oxygens (including phenoxy) is 1. The summed E-state index contributed by atoms with van der Waals surface area (Å²) < 4.78 is 5.07. The number of nitrogens with zero attached hydrogens (tertiary/aromatic N) is 1. The molecule has 102 valence electrons. The molecule has 0 aromatic carbocycles. The molecule has 1 saturated heterocycles. The minimum absolute atomic E-state index is 0.690. The van der Waals surface area contributed by atoms with Crippen LogP contribution in [0.4, 0.5) is 0 Å². The molecule has 2 rings (SSSR count). The molecule has 1 aliphatic heterocycles. The highest BCUT2D eigenvalue weighted by Crippen LogP contribution is 2.20. The van der Waals surface area contributed by atoms with Gasteiger partial charge in [-0.3, -0.25) is 4.90 Å². The van der Waals surface area contributed by atoms with E-state index in [1.165, 1.54) is 31.4 Å². The van der Waals surface area contributed by atoms with Crippen LogP contribution in [0.5, 0.6) is 0 Å². The zero-order valence-electron chi connectivity index (χ0n) is 11.2. The van der Waals surface area contributed by atoms with Crippen LogP contribution in [-0.4, -0.2) is 44.3 Å². The maximum Gasteiger partial charge on any atom is 0.0587 e. The van der Waals surface area contributed by atoms with E-state index in [0.717, 1.165) is 26.2 Å². The molecule has 0 radical (unpaired) electrons. The molecule has 1 aromatic rings. The summed E-state index contributed by atoms with van der Waals surface area (Å²) >= 11 is 1.80. The third-order valence-electron chi connectivity index (χ3n) is 3.58. The van der Waals surface area contributed by atoms with Gasteiger partial charge in [-0.05, 0) is 41.8 Å². The molecular formula is C14H24N2OS. The Bertz CT molecular complexity index is 316. The molecule has 0 spiro atoms. The van der Waals surface area contributed by atoms with Gasteiger partial charge < -0.3 is 10.1 Å². The average Bonchev–Trinajstić information content (AvgIpc) is 2.89. The Morgan fingerprint density at radius 1 is 1.50 bits per heavy atom. The predicted molar refractivity (Wildman–Crippen MR) is 77.1 cm³/mol. The summed E-state index contributed by atoms with van der Waals surface area (Å²) in [7, 11) is 1.76. The number of thiophene rings is 1. The molecule has 1 N–H and O–H groups in total. The van der Waals surface area contributed by atoms with Crippen LogP contribution in [0.3, 0.4) is 0 Å². The minimum Gasteiger partial charge on any atom is -0.383 e. The third-order valence-corrected chi connectivity index (χ3v) is 4.31. The maximum atomic E-state index is 5.07. The quantitative estimate of drug-likeness (QED) is 0.768. The first-order valence-electron chi connectivity index (χ1n) is 6.85. The molecule has 18 heavy (non-hydrogen) atoms. The van der Waals surface area contributed by atoms with Crippen LogP contribution in [0.25, 0.3) is 0 Å². The van der Waals surface area contributed by atoms with Gasteiger partial charge in [0, 0.05) is 32.8 Å². The number of piperidine rings is 1. The smallest absolute Gasteiger partial charge is 0.0587 e. The first-order valence-corrected chi connectivity index (χ1v) is 7.79. The summed E-state index contributed by atoms with van der Waals surface area (Å²) in [6.45, 7) is 5.20. The second kappa shape index (κ2) is 7.89. The van der Waals surface area contributed by atoms with Gasteiger partial charge in [0.2, 0.25) is 0 Å². The zero-order chi connectivity index (χ0) is 12.6. The van der Waals surface area contributed by atoms with E-state index in [-0.39, 0.29) is 0 Å². The second-order valence-electron chi connectivity index (χ2n) is 4.95. The summed E-state index contributed by atoms with van der Waals surface area (Å²) in [6.07, 6.45) is 4.04. The molecule has 0 amide bonds. The van der Waals surface area contributed by atoms with E-state index >= 15 is 0 Å². The SMILES string of the molecule is COCCNCC1CCCCN1Cc1ccsc1. The highest BCUT2D eigenvalue weighted by atomic mass is 32.1. The largest absolute Gasteiger partial charge is 0.383 e. The Balaban J connectivity index is 1.78. The number of hydrogen-bond acceptors (Lipinski definition) is 4. The van der Waals surface area contributed by atoms with Gasteiger partial charge in [-0.25, -0.2) is 0 Å². The van der Waals surface area contributed by atoms with Crippen LogP contribution >= 0.6 is 11.3 Å². The van der Waals surface area contributed by atoms with E-state index in [1.54, 1.807) is 18.4 Å². The fraction of sp³-hybridized carbons (Fsp3) is 0.714. The minimum atomic E-state index is 0.690. The molecule has 0 aliphatic carbocycles. The van der Waals surface area contributed by atoms with Crippen molar-refractivity contribution in [2.45, 2.75) is 31.8 Å². The van der Waals surface area contributed by atoms with Gasteiger partial charge in [0.15, 0.2) is 0 Å². The molecule has 1 unspecified atom stereocenters. The lowest BCUT2D eigenvalue weighted by Crippen LogP contribution is -2.45. The number of likely N-dealkylation sites (tertiary alicyclic amines) is 1. The van der Waals surface area contributed by atoms with Crippen molar-refractivity contribution in [2.75, 3.05) is 33.4 Å². The Morgan fingerprint density at radius 2 is 2.44 bits per heavy atom. The topological polar surface area (TPSA) is 24.5 Å². The Hall–Kier alpha value is -0.420. The Labute approximate surface area is 114 Å². The summed E-state index contributed by atoms with van der Waals surface area (Å²) in [6, 6.07) is 2.94. The fourth-order valence-corrected chi connectivity index (χ4v) is 3.22. The lowest BCUT2D eigenvalue weighted by molar-refractivity contribution is 0.133. The zero-order valence-corrected chi connectivity index (χ0v) is 12.0. The highest BCUT2D eigenvalue weighted by Gasteiger charge is 2.21. The second-order valence-corrected chi connectivity index (χ2v) is 5.73. The summed E-state index contributed by atoms with van der Waals surface area (Å²) in [4.78, 5) is 2.63. The van der Waals surface area contributed by atoms with Crippen molar-refractivity contribution in [1.82, 2.24) is 10.2 Å². The fourth-order valence-electron chi connectivity index (χ4n) is 2.56. The van der Waals surface area contributed by atoms with Gasteiger partial charge in [-0.1, -0.05) is 6.42 Å². The van der Waals surface area contributed by atoms with E-state index in [4.69, 9.17) is 4.74 Å². The molecule has 2 heterocycles. The maximum absolute atomic E-state index is 5.07. The van der Waals surface area contributed by atoms with Crippen LogP contribution in [0.2, 0.25) is 0 Å². The predicted octanol–water partition coefficient (Wildman–Crippen LogP) is 2.34. The van der Waals surface area contributed by atoms with Crippen LogP contribution in [0, 0.1) is 0 Å². The van der Waals surface area contributed by atoms with Crippen molar-refractivity contribution >= 4 is 11.3 Å². The van der Waals surface area contributed by atoms with E-state index in [0.29, 0.717) is 6.04 Å². The Morgan fingerprint density at radius 3 is 3.22 bits per heavy atom. The van der Waals surface area contributed by atoms with E-state index in [2.05, 4.69) is 27.0 Å². The van der Waals surface area contributed by atoms with Gasteiger partial charge >= 0.3 is 0 Å². The van der Waals surface area contributed by atoms with Crippen LogP contribution < -0.4 is 5.32 Å². The Kier molecular flexibility index (Phi) is 6.14. The van der Waals surface area contributed by atoms with E-state index in [9.17, 15) is 0 Å². The summed E-state index contributed by atoms with van der Waals surface area (Å²) in [5.41, 5.74) is 1.46. The van der Waals surface area contributed by atoms with E-state index < -0.39 is 0 Å². The van der Waals surface area contributed by atoms with Gasteiger partial charge in [-0.2, -0.15) is 11.3 Å². The van der Waals surface area contributed by atoms with Crippen LogP contribution in [0.1, 0.15) is 24.8 Å². The molecule has 1 aliphatic rings. The summed E-state index contributed by atoms with van der Waals surface area (Å²) in [5.74, 6) is 0. The molecule has 1 fully saturated rings. The molecular weight excluding hydrogens is 244 g/mol. The number of nitrogens with one attached hydrogen (secondary N) is 1.